The zero-order chi connectivity index (χ0) is 16.3. The van der Waals surface area contributed by atoms with E-state index >= 15 is 0 Å². The lowest BCUT2D eigenvalue weighted by molar-refractivity contribution is 0.0849. The van der Waals surface area contributed by atoms with Gasteiger partial charge in [0.1, 0.15) is 17.4 Å². The van der Waals surface area contributed by atoms with Gasteiger partial charge in [-0.3, -0.25) is 4.79 Å². The first kappa shape index (κ1) is 15.9. The van der Waals surface area contributed by atoms with Crippen molar-refractivity contribution >= 4 is 5.91 Å². The Morgan fingerprint density at radius 1 is 1.09 bits per heavy atom. The first-order valence-corrected chi connectivity index (χ1v) is 6.61. The van der Waals surface area contributed by atoms with Gasteiger partial charge in [0.2, 0.25) is 0 Å². The molecule has 0 fully saturated rings. The number of nitrogens with one attached hydrogen (secondary N) is 1. The number of phenolic OH excluding ortho intramolecular Hbond substituents is 1. The van der Waals surface area contributed by atoms with Gasteiger partial charge in [-0.1, -0.05) is 12.1 Å². The van der Waals surface area contributed by atoms with Crippen molar-refractivity contribution in [2.75, 3.05) is 0 Å². The quantitative estimate of drug-likeness (QED) is 0.813. The van der Waals surface area contributed by atoms with Gasteiger partial charge >= 0.3 is 0 Å². The molecular weight excluding hydrogens is 292 g/mol. The Morgan fingerprint density at radius 3 is 2.27 bits per heavy atom. The Kier molecular flexibility index (Phi) is 4.72. The monoisotopic (exact) mass is 307 g/mol. The second kappa shape index (κ2) is 6.53. The van der Waals surface area contributed by atoms with Crippen LogP contribution in [0.15, 0.2) is 42.5 Å². The van der Waals surface area contributed by atoms with E-state index in [4.69, 9.17) is 0 Å². The van der Waals surface area contributed by atoms with Crippen LogP contribution in [0.3, 0.4) is 0 Å². The Balaban J connectivity index is 2.08. The van der Waals surface area contributed by atoms with E-state index < -0.39 is 35.4 Å². The fourth-order valence-corrected chi connectivity index (χ4v) is 2.01. The number of aliphatic hydroxyl groups is 1. The summed E-state index contributed by atoms with van der Waals surface area (Å²) in [5.41, 5.74) is 0.345. The highest BCUT2D eigenvalue weighted by atomic mass is 19.1. The topological polar surface area (TPSA) is 69.6 Å². The highest BCUT2D eigenvalue weighted by Crippen LogP contribution is 2.20. The zero-order valence-electron chi connectivity index (χ0n) is 11.8. The Morgan fingerprint density at radius 2 is 1.68 bits per heavy atom. The molecule has 22 heavy (non-hydrogen) atoms. The van der Waals surface area contributed by atoms with Crippen molar-refractivity contribution in [3.8, 4) is 5.75 Å². The van der Waals surface area contributed by atoms with Crippen molar-refractivity contribution in [1.82, 2.24) is 5.32 Å². The molecular formula is C16H15F2NO3. The lowest BCUT2D eigenvalue weighted by atomic mass is 10.0. The molecule has 2 atom stereocenters. The summed E-state index contributed by atoms with van der Waals surface area (Å²) in [7, 11) is 0. The second-order valence-electron chi connectivity index (χ2n) is 4.92. The largest absolute Gasteiger partial charge is 0.507 e. The van der Waals surface area contributed by atoms with Crippen molar-refractivity contribution in [2.45, 2.75) is 19.1 Å². The summed E-state index contributed by atoms with van der Waals surface area (Å²) in [6, 6.07) is 7.58. The maximum absolute atomic E-state index is 12.9. The molecule has 0 heterocycles. The summed E-state index contributed by atoms with van der Waals surface area (Å²) in [4.78, 5) is 12.0. The predicted molar refractivity (Wildman–Crippen MR) is 76.4 cm³/mol. The van der Waals surface area contributed by atoms with Crippen LogP contribution in [0.25, 0.3) is 0 Å². The third-order valence-electron chi connectivity index (χ3n) is 3.25. The van der Waals surface area contributed by atoms with E-state index in [0.717, 1.165) is 18.2 Å². The molecule has 0 aromatic heterocycles. The lowest BCUT2D eigenvalue weighted by Crippen LogP contribution is -2.37. The molecule has 1 amide bonds. The minimum absolute atomic E-state index is 0.0976. The standard InChI is InChI=1S/C16H15F2NO3/c1-9(15(21)10-2-4-11(17)5-3-10)19-16(22)13-7-6-12(18)8-14(13)20/h2-9,15,20-21H,1H3,(H,19,22). The van der Waals surface area contributed by atoms with Crippen molar-refractivity contribution < 1.29 is 23.8 Å². The molecule has 0 saturated heterocycles. The fourth-order valence-electron chi connectivity index (χ4n) is 2.01. The first-order chi connectivity index (χ1) is 10.4. The van der Waals surface area contributed by atoms with Gasteiger partial charge in [0.05, 0.1) is 17.7 Å². The number of hydrogen-bond acceptors (Lipinski definition) is 3. The maximum Gasteiger partial charge on any atom is 0.255 e. The molecule has 0 aliphatic carbocycles. The average Bonchev–Trinajstić information content (AvgIpc) is 2.47. The number of aliphatic hydroxyl groups excluding tert-OH is 1. The van der Waals surface area contributed by atoms with E-state index in [0.29, 0.717) is 5.56 Å². The van der Waals surface area contributed by atoms with Crippen molar-refractivity contribution in [3.05, 3.63) is 65.2 Å². The third kappa shape index (κ3) is 3.59. The first-order valence-electron chi connectivity index (χ1n) is 6.61. The number of rotatable bonds is 4. The molecule has 0 aliphatic heterocycles. The Bertz CT molecular complexity index is 674. The molecule has 4 nitrogen and oxygen atoms in total. The predicted octanol–water partition coefficient (Wildman–Crippen LogP) is 2.52. The van der Waals surface area contributed by atoms with Crippen LogP contribution in [-0.4, -0.2) is 22.2 Å². The molecule has 0 radical (unpaired) electrons. The summed E-state index contributed by atoms with van der Waals surface area (Å²) in [5, 5.41) is 22.2. The Labute approximate surface area is 126 Å². The minimum atomic E-state index is -1.05. The van der Waals surface area contributed by atoms with Crippen molar-refractivity contribution in [2.24, 2.45) is 0 Å². The van der Waals surface area contributed by atoms with E-state index in [9.17, 15) is 23.8 Å². The van der Waals surface area contributed by atoms with Crippen LogP contribution in [0, 0.1) is 11.6 Å². The van der Waals surface area contributed by atoms with Gasteiger partial charge < -0.3 is 15.5 Å². The summed E-state index contributed by atoms with van der Waals surface area (Å²) < 4.78 is 25.7. The number of aromatic hydroxyl groups is 1. The normalized spacial score (nSPS) is 13.5. The number of halogens is 2. The molecule has 0 aliphatic rings. The van der Waals surface area contributed by atoms with Crippen LogP contribution in [0.5, 0.6) is 5.75 Å². The highest BCUT2D eigenvalue weighted by Gasteiger charge is 2.20. The molecule has 0 spiro atoms. The van der Waals surface area contributed by atoms with E-state index in [-0.39, 0.29) is 5.56 Å². The van der Waals surface area contributed by atoms with Crippen LogP contribution < -0.4 is 5.32 Å². The number of carbonyl (C=O) groups is 1. The van der Waals surface area contributed by atoms with Gasteiger partial charge in [0.25, 0.3) is 5.91 Å². The van der Waals surface area contributed by atoms with E-state index in [1.165, 1.54) is 24.3 Å². The average molecular weight is 307 g/mol. The molecule has 116 valence electrons. The summed E-state index contributed by atoms with van der Waals surface area (Å²) in [6.45, 7) is 1.56. The van der Waals surface area contributed by atoms with Crippen LogP contribution >= 0.6 is 0 Å². The van der Waals surface area contributed by atoms with Gasteiger partial charge in [-0.15, -0.1) is 0 Å². The Hall–Kier alpha value is -2.47. The molecule has 2 aromatic rings. The number of phenols is 1. The SMILES string of the molecule is CC(NC(=O)c1ccc(F)cc1O)C(O)c1ccc(F)cc1. The zero-order valence-corrected chi connectivity index (χ0v) is 11.8. The van der Waals surface area contributed by atoms with Crippen LogP contribution in [-0.2, 0) is 0 Å². The summed E-state index contributed by atoms with van der Waals surface area (Å²) >= 11 is 0. The number of amides is 1. The minimum Gasteiger partial charge on any atom is -0.507 e. The van der Waals surface area contributed by atoms with Crippen molar-refractivity contribution in [3.63, 3.8) is 0 Å². The number of benzene rings is 2. The number of hydrogen-bond donors (Lipinski definition) is 3. The molecule has 2 rings (SSSR count). The van der Waals surface area contributed by atoms with Gasteiger partial charge in [-0.2, -0.15) is 0 Å². The third-order valence-corrected chi connectivity index (χ3v) is 3.25. The fraction of sp³-hybridized carbons (Fsp3) is 0.188. The van der Waals surface area contributed by atoms with Gasteiger partial charge in [-0.25, -0.2) is 8.78 Å². The summed E-state index contributed by atoms with van der Waals surface area (Å²) in [6.07, 6.45) is -1.05. The molecule has 0 bridgehead atoms. The van der Waals surface area contributed by atoms with E-state index in [2.05, 4.69) is 5.32 Å². The number of carbonyl (C=O) groups excluding carboxylic acids is 1. The summed E-state index contributed by atoms with van der Waals surface area (Å²) in [5.74, 6) is -2.22. The van der Waals surface area contributed by atoms with Crippen LogP contribution in [0.1, 0.15) is 28.9 Å². The molecule has 3 N–H and O–H groups in total. The van der Waals surface area contributed by atoms with Crippen LogP contribution in [0.4, 0.5) is 8.78 Å². The van der Waals surface area contributed by atoms with Crippen LogP contribution in [0.2, 0.25) is 0 Å². The smallest absolute Gasteiger partial charge is 0.255 e. The lowest BCUT2D eigenvalue weighted by Gasteiger charge is -2.21. The molecule has 2 aromatic carbocycles. The van der Waals surface area contributed by atoms with Crippen molar-refractivity contribution in [1.29, 1.82) is 0 Å². The molecule has 2 unspecified atom stereocenters. The van der Waals surface area contributed by atoms with Gasteiger partial charge in [0, 0.05) is 6.07 Å². The van der Waals surface area contributed by atoms with E-state index in [1.807, 2.05) is 0 Å². The van der Waals surface area contributed by atoms with E-state index in [1.54, 1.807) is 6.92 Å². The van der Waals surface area contributed by atoms with Gasteiger partial charge in [0.15, 0.2) is 0 Å². The molecule has 6 heteroatoms. The second-order valence-corrected chi connectivity index (χ2v) is 4.92. The van der Waals surface area contributed by atoms with Gasteiger partial charge in [-0.05, 0) is 36.8 Å². The highest BCUT2D eigenvalue weighted by molar-refractivity contribution is 5.96. The maximum atomic E-state index is 12.9. The molecule has 0 saturated carbocycles.